The fourth-order valence-electron chi connectivity index (χ4n) is 1.76. The number of nitrogens with zero attached hydrogens (tertiary/aromatic N) is 2. The third kappa shape index (κ3) is 5.21. The Morgan fingerprint density at radius 3 is 2.71 bits per heavy atom. The van der Waals surface area contributed by atoms with Crippen LogP contribution in [0.4, 0.5) is 0 Å². The van der Waals surface area contributed by atoms with Gasteiger partial charge < -0.3 is 5.32 Å². The summed E-state index contributed by atoms with van der Waals surface area (Å²) in [7, 11) is 0. The van der Waals surface area contributed by atoms with Crippen LogP contribution in [0.15, 0.2) is 10.7 Å². The Labute approximate surface area is 113 Å². The van der Waals surface area contributed by atoms with Crippen molar-refractivity contribution >= 4 is 15.9 Å². The molecule has 1 aromatic rings. The zero-order valence-corrected chi connectivity index (χ0v) is 13.0. The van der Waals surface area contributed by atoms with Crippen LogP contribution in [0.2, 0.25) is 0 Å². The Hall–Kier alpha value is -0.350. The molecule has 1 rings (SSSR count). The van der Waals surface area contributed by atoms with E-state index >= 15 is 0 Å². The number of aromatic nitrogens is 2. The van der Waals surface area contributed by atoms with Gasteiger partial charge in [0, 0.05) is 12.1 Å². The minimum Gasteiger partial charge on any atom is -0.312 e. The lowest BCUT2D eigenvalue weighted by molar-refractivity contribution is 0.420. The van der Waals surface area contributed by atoms with E-state index in [-0.39, 0.29) is 5.54 Å². The second kappa shape index (κ2) is 6.55. The van der Waals surface area contributed by atoms with E-state index in [1.807, 2.05) is 6.20 Å². The van der Waals surface area contributed by atoms with Crippen LogP contribution >= 0.6 is 15.9 Å². The minimum absolute atomic E-state index is 0.209. The fourth-order valence-corrected chi connectivity index (χ4v) is 2.25. The molecule has 1 heterocycles. The number of hydrogen-bond donors (Lipinski definition) is 1. The van der Waals surface area contributed by atoms with E-state index in [9.17, 15) is 0 Å². The third-order valence-corrected chi connectivity index (χ3v) is 3.24. The number of aryl methyl sites for hydroxylation is 1. The van der Waals surface area contributed by atoms with Gasteiger partial charge in [0.05, 0.1) is 16.4 Å². The molecule has 0 saturated carbocycles. The molecule has 98 valence electrons. The van der Waals surface area contributed by atoms with Gasteiger partial charge in [-0.25, -0.2) is 0 Å². The molecule has 0 bridgehead atoms. The number of halogens is 1. The molecule has 17 heavy (non-hydrogen) atoms. The van der Waals surface area contributed by atoms with E-state index in [4.69, 9.17) is 0 Å². The molecule has 0 radical (unpaired) electrons. The Morgan fingerprint density at radius 2 is 2.12 bits per heavy atom. The van der Waals surface area contributed by atoms with Crippen molar-refractivity contribution in [2.24, 2.45) is 0 Å². The summed E-state index contributed by atoms with van der Waals surface area (Å²) in [6.45, 7) is 10.8. The summed E-state index contributed by atoms with van der Waals surface area (Å²) < 4.78 is 3.25. The van der Waals surface area contributed by atoms with Gasteiger partial charge in [-0.05, 0) is 62.5 Å². The van der Waals surface area contributed by atoms with Gasteiger partial charge in [-0.15, -0.1) is 0 Å². The summed E-state index contributed by atoms with van der Waals surface area (Å²) in [5.74, 6) is 0. The summed E-state index contributed by atoms with van der Waals surface area (Å²) in [4.78, 5) is 0. The second-order valence-electron chi connectivity index (χ2n) is 5.44. The normalized spacial score (nSPS) is 12.1. The van der Waals surface area contributed by atoms with Gasteiger partial charge in [-0.3, -0.25) is 4.68 Å². The quantitative estimate of drug-likeness (QED) is 0.817. The highest BCUT2D eigenvalue weighted by molar-refractivity contribution is 9.10. The van der Waals surface area contributed by atoms with Crippen molar-refractivity contribution in [2.45, 2.75) is 59.0 Å². The van der Waals surface area contributed by atoms with Gasteiger partial charge >= 0.3 is 0 Å². The Morgan fingerprint density at radius 1 is 1.41 bits per heavy atom. The highest BCUT2D eigenvalue weighted by Gasteiger charge is 2.10. The highest BCUT2D eigenvalue weighted by Crippen LogP contribution is 2.18. The van der Waals surface area contributed by atoms with Gasteiger partial charge in [-0.1, -0.05) is 6.92 Å². The molecular formula is C13H24BrN3. The van der Waals surface area contributed by atoms with Crippen LogP contribution in [0.25, 0.3) is 0 Å². The highest BCUT2D eigenvalue weighted by atomic mass is 79.9. The van der Waals surface area contributed by atoms with E-state index in [1.54, 1.807) is 0 Å². The topological polar surface area (TPSA) is 29.9 Å². The first-order valence-corrected chi connectivity index (χ1v) is 7.18. The van der Waals surface area contributed by atoms with Crippen molar-refractivity contribution in [3.63, 3.8) is 0 Å². The van der Waals surface area contributed by atoms with Crippen molar-refractivity contribution in [2.75, 3.05) is 6.54 Å². The van der Waals surface area contributed by atoms with Gasteiger partial charge in [0.25, 0.3) is 0 Å². The van der Waals surface area contributed by atoms with Crippen LogP contribution in [-0.4, -0.2) is 21.9 Å². The molecule has 0 aliphatic carbocycles. The predicted octanol–water partition coefficient (Wildman–Crippen LogP) is 3.38. The molecule has 0 aromatic carbocycles. The van der Waals surface area contributed by atoms with Crippen LogP contribution < -0.4 is 5.32 Å². The molecule has 0 atom stereocenters. The molecule has 0 saturated heterocycles. The van der Waals surface area contributed by atoms with Gasteiger partial charge in [0.1, 0.15) is 0 Å². The molecular weight excluding hydrogens is 278 g/mol. The van der Waals surface area contributed by atoms with Gasteiger partial charge in [0.15, 0.2) is 0 Å². The molecule has 0 aliphatic rings. The van der Waals surface area contributed by atoms with Crippen LogP contribution in [0, 0.1) is 0 Å². The number of hydrogen-bond acceptors (Lipinski definition) is 2. The molecule has 1 N–H and O–H groups in total. The third-order valence-electron chi connectivity index (χ3n) is 2.58. The Kier molecular flexibility index (Phi) is 5.67. The molecule has 1 aromatic heterocycles. The second-order valence-corrected chi connectivity index (χ2v) is 6.30. The number of rotatable bonds is 6. The van der Waals surface area contributed by atoms with E-state index in [1.165, 1.54) is 5.69 Å². The molecule has 0 aliphatic heterocycles. The van der Waals surface area contributed by atoms with Crippen molar-refractivity contribution in [1.29, 1.82) is 0 Å². The summed E-state index contributed by atoms with van der Waals surface area (Å²) in [6.07, 6.45) is 5.25. The summed E-state index contributed by atoms with van der Waals surface area (Å²) in [6, 6.07) is 0. The molecule has 0 unspecified atom stereocenters. The zero-order chi connectivity index (χ0) is 12.9. The first kappa shape index (κ1) is 14.7. The lowest BCUT2D eigenvalue weighted by Crippen LogP contribution is -2.36. The van der Waals surface area contributed by atoms with E-state index in [2.05, 4.69) is 58.7 Å². The smallest absolute Gasteiger partial charge is 0.0635 e. The lowest BCUT2D eigenvalue weighted by Gasteiger charge is -2.20. The van der Waals surface area contributed by atoms with Crippen LogP contribution in [0.3, 0.4) is 0 Å². The maximum absolute atomic E-state index is 4.38. The summed E-state index contributed by atoms with van der Waals surface area (Å²) in [5, 5.41) is 7.89. The first-order valence-electron chi connectivity index (χ1n) is 6.39. The van der Waals surface area contributed by atoms with Crippen molar-refractivity contribution in [1.82, 2.24) is 15.1 Å². The average Bonchev–Trinajstić information content (AvgIpc) is 2.55. The van der Waals surface area contributed by atoms with Gasteiger partial charge in [-0.2, -0.15) is 5.10 Å². The molecule has 3 nitrogen and oxygen atoms in total. The van der Waals surface area contributed by atoms with Crippen molar-refractivity contribution in [3.05, 3.63) is 16.4 Å². The van der Waals surface area contributed by atoms with Crippen LogP contribution in [0.5, 0.6) is 0 Å². The molecule has 0 spiro atoms. The maximum atomic E-state index is 4.38. The predicted molar refractivity (Wildman–Crippen MR) is 76.3 cm³/mol. The summed E-state index contributed by atoms with van der Waals surface area (Å²) in [5.41, 5.74) is 1.53. The molecule has 4 heteroatoms. The Bertz CT molecular complexity index is 339. The Balaban J connectivity index is 2.43. The molecule has 0 amide bonds. The molecule has 0 fully saturated rings. The van der Waals surface area contributed by atoms with Gasteiger partial charge in [0.2, 0.25) is 0 Å². The lowest BCUT2D eigenvalue weighted by atomic mass is 10.1. The largest absolute Gasteiger partial charge is 0.312 e. The fraction of sp³-hybridized carbons (Fsp3) is 0.769. The first-order chi connectivity index (χ1) is 7.94. The average molecular weight is 302 g/mol. The SMILES string of the molecule is CCCn1ncc(Br)c1CCCNC(C)(C)C. The van der Waals surface area contributed by atoms with Crippen LogP contribution in [-0.2, 0) is 13.0 Å². The van der Waals surface area contributed by atoms with E-state index in [0.29, 0.717) is 0 Å². The van der Waals surface area contributed by atoms with Crippen LogP contribution in [0.1, 0.15) is 46.2 Å². The van der Waals surface area contributed by atoms with Crippen molar-refractivity contribution in [3.8, 4) is 0 Å². The number of nitrogens with one attached hydrogen (secondary N) is 1. The van der Waals surface area contributed by atoms with Crippen molar-refractivity contribution < 1.29 is 0 Å². The van der Waals surface area contributed by atoms with E-state index < -0.39 is 0 Å². The zero-order valence-electron chi connectivity index (χ0n) is 11.4. The monoisotopic (exact) mass is 301 g/mol. The summed E-state index contributed by atoms with van der Waals surface area (Å²) >= 11 is 3.57. The minimum atomic E-state index is 0.209. The van der Waals surface area contributed by atoms with E-state index in [0.717, 1.165) is 36.8 Å². The maximum Gasteiger partial charge on any atom is 0.0635 e. The standard InChI is InChI=1S/C13H24BrN3/c1-5-9-17-12(11(14)10-16-17)7-6-8-15-13(2,3)4/h10,15H,5-9H2,1-4H3.